The molecule has 0 unspecified atom stereocenters. The summed E-state index contributed by atoms with van der Waals surface area (Å²) in [4.78, 5) is 3.54. The van der Waals surface area contributed by atoms with E-state index in [2.05, 4.69) is 105 Å². The molecule has 2 aromatic heterocycles. The molecular formula is C22H16Br2N2. The normalized spacial score (nSPS) is 11.1. The number of H-pyrrole nitrogens is 1. The largest absolute Gasteiger partial charge is 1.00 e. The van der Waals surface area contributed by atoms with Crippen molar-refractivity contribution in [2.24, 2.45) is 0 Å². The number of hydrogen-bond acceptors (Lipinski definition) is 0. The van der Waals surface area contributed by atoms with Gasteiger partial charge in [0.25, 0.3) is 0 Å². The molecule has 26 heavy (non-hydrogen) atoms. The Bertz CT molecular complexity index is 1240. The summed E-state index contributed by atoms with van der Waals surface area (Å²) in [5.41, 5.74) is 3.64. The third kappa shape index (κ3) is 2.83. The maximum Gasteiger partial charge on any atom is 0.193 e. The van der Waals surface area contributed by atoms with Crippen molar-refractivity contribution in [3.05, 3.63) is 89.2 Å². The van der Waals surface area contributed by atoms with Crippen LogP contribution in [0.15, 0.2) is 83.6 Å². The summed E-state index contributed by atoms with van der Waals surface area (Å²) in [6.07, 6.45) is 4.36. The first-order valence-corrected chi connectivity index (χ1v) is 9.14. The maximum absolute atomic E-state index is 3.64. The van der Waals surface area contributed by atoms with Crippen molar-refractivity contribution < 1.29 is 21.5 Å². The van der Waals surface area contributed by atoms with E-state index in [-0.39, 0.29) is 17.0 Å². The second kappa shape index (κ2) is 6.86. The second-order valence-corrected chi connectivity index (χ2v) is 7.22. The molecule has 128 valence electrons. The SMILES string of the molecule is Brc1cccc2c1[nH]c1c[n+](Cc3cccc4ccccc34)ccc12.[Br-]. The van der Waals surface area contributed by atoms with Gasteiger partial charge in [-0.05, 0) is 32.8 Å². The molecule has 0 aliphatic carbocycles. The third-order valence-electron chi connectivity index (χ3n) is 4.81. The van der Waals surface area contributed by atoms with E-state index in [9.17, 15) is 0 Å². The van der Waals surface area contributed by atoms with Crippen LogP contribution in [0.2, 0.25) is 0 Å². The summed E-state index contributed by atoms with van der Waals surface area (Å²) in [5.74, 6) is 0. The number of fused-ring (bicyclic) bond motifs is 4. The Balaban J connectivity index is 0.00000168. The fourth-order valence-electron chi connectivity index (χ4n) is 3.61. The summed E-state index contributed by atoms with van der Waals surface area (Å²) >= 11 is 3.64. The van der Waals surface area contributed by atoms with Gasteiger partial charge in [-0.15, -0.1) is 0 Å². The molecule has 2 heterocycles. The molecule has 1 N–H and O–H groups in total. The molecule has 0 fully saturated rings. The van der Waals surface area contributed by atoms with Crippen LogP contribution in [0.1, 0.15) is 5.56 Å². The molecular weight excluding hydrogens is 452 g/mol. The smallest absolute Gasteiger partial charge is 0.193 e. The number of halogens is 2. The van der Waals surface area contributed by atoms with Crippen molar-refractivity contribution in [3.8, 4) is 0 Å². The fraction of sp³-hybridized carbons (Fsp3) is 0.0455. The standard InChI is InChI=1S/C22H15BrN2.BrH/c23-20-10-4-9-19-18-11-12-25(14-21(18)24-22(19)20)13-16-7-3-6-15-5-1-2-8-17(15)16;/h1-12,14H,13H2;1H. The van der Waals surface area contributed by atoms with Crippen LogP contribution in [0.25, 0.3) is 32.6 Å². The highest BCUT2D eigenvalue weighted by atomic mass is 79.9. The number of para-hydroxylation sites is 1. The first-order chi connectivity index (χ1) is 12.3. The van der Waals surface area contributed by atoms with Gasteiger partial charge in [0.1, 0.15) is 5.52 Å². The van der Waals surface area contributed by atoms with E-state index in [1.54, 1.807) is 0 Å². The fourth-order valence-corrected chi connectivity index (χ4v) is 4.07. The van der Waals surface area contributed by atoms with E-state index in [0.717, 1.165) is 22.1 Å². The van der Waals surface area contributed by atoms with Crippen LogP contribution in [0.3, 0.4) is 0 Å². The average Bonchev–Trinajstić information content (AvgIpc) is 3.01. The molecule has 0 saturated heterocycles. The number of benzene rings is 3. The second-order valence-electron chi connectivity index (χ2n) is 6.37. The van der Waals surface area contributed by atoms with Gasteiger partial charge in [0.05, 0.1) is 5.52 Å². The van der Waals surface area contributed by atoms with Crippen molar-refractivity contribution in [2.45, 2.75) is 6.54 Å². The summed E-state index contributed by atoms with van der Waals surface area (Å²) in [6.45, 7) is 0.855. The summed E-state index contributed by atoms with van der Waals surface area (Å²) < 4.78 is 3.34. The Labute approximate surface area is 170 Å². The van der Waals surface area contributed by atoms with Crippen LogP contribution in [-0.2, 0) is 6.54 Å². The average molecular weight is 468 g/mol. The van der Waals surface area contributed by atoms with E-state index < -0.39 is 0 Å². The lowest BCUT2D eigenvalue weighted by Crippen LogP contribution is -3.00. The van der Waals surface area contributed by atoms with Crippen LogP contribution < -0.4 is 21.5 Å². The molecule has 3 aromatic carbocycles. The maximum atomic E-state index is 3.64. The summed E-state index contributed by atoms with van der Waals surface area (Å²) in [7, 11) is 0. The van der Waals surface area contributed by atoms with Crippen LogP contribution >= 0.6 is 15.9 Å². The number of aromatic nitrogens is 2. The van der Waals surface area contributed by atoms with Crippen molar-refractivity contribution in [1.29, 1.82) is 0 Å². The molecule has 4 heteroatoms. The minimum Gasteiger partial charge on any atom is -1.00 e. The Kier molecular flexibility index (Phi) is 4.55. The van der Waals surface area contributed by atoms with Crippen LogP contribution in [0, 0.1) is 0 Å². The summed E-state index contributed by atoms with van der Waals surface area (Å²) in [5, 5.41) is 5.11. The zero-order valence-corrected chi connectivity index (χ0v) is 17.1. The molecule has 0 radical (unpaired) electrons. The quantitative estimate of drug-likeness (QED) is 0.385. The molecule has 5 rings (SSSR count). The molecule has 0 amide bonds. The zero-order chi connectivity index (χ0) is 16.8. The van der Waals surface area contributed by atoms with Gasteiger partial charge in [0.2, 0.25) is 0 Å². The first kappa shape index (κ1) is 17.3. The summed E-state index contributed by atoms with van der Waals surface area (Å²) in [6, 6.07) is 23.6. The van der Waals surface area contributed by atoms with Crippen molar-refractivity contribution in [1.82, 2.24) is 4.98 Å². The van der Waals surface area contributed by atoms with Crippen LogP contribution in [0.4, 0.5) is 0 Å². The predicted octanol–water partition coefficient (Wildman–Crippen LogP) is 2.58. The van der Waals surface area contributed by atoms with E-state index in [1.807, 2.05) is 0 Å². The Morgan fingerprint density at radius 3 is 2.50 bits per heavy atom. The van der Waals surface area contributed by atoms with E-state index in [0.29, 0.717) is 0 Å². The number of rotatable bonds is 2. The van der Waals surface area contributed by atoms with E-state index in [4.69, 9.17) is 0 Å². The van der Waals surface area contributed by atoms with E-state index in [1.165, 1.54) is 27.1 Å². The number of pyridine rings is 1. The molecule has 0 saturated carbocycles. The van der Waals surface area contributed by atoms with Gasteiger partial charge >= 0.3 is 0 Å². The van der Waals surface area contributed by atoms with Gasteiger partial charge in [-0.1, -0.05) is 54.6 Å². The zero-order valence-electron chi connectivity index (χ0n) is 13.9. The topological polar surface area (TPSA) is 19.7 Å². The molecule has 0 bridgehead atoms. The minimum atomic E-state index is 0. The van der Waals surface area contributed by atoms with Gasteiger partial charge in [0.15, 0.2) is 18.9 Å². The highest BCUT2D eigenvalue weighted by Crippen LogP contribution is 2.29. The van der Waals surface area contributed by atoms with Gasteiger partial charge in [-0.25, -0.2) is 0 Å². The monoisotopic (exact) mass is 466 g/mol. The van der Waals surface area contributed by atoms with Gasteiger partial charge in [0, 0.05) is 26.9 Å². The lowest BCUT2D eigenvalue weighted by atomic mass is 10.0. The van der Waals surface area contributed by atoms with Crippen molar-refractivity contribution >= 4 is 48.5 Å². The molecule has 5 aromatic rings. The number of hydrogen-bond donors (Lipinski definition) is 1. The number of nitrogens with one attached hydrogen (secondary N) is 1. The van der Waals surface area contributed by atoms with Crippen molar-refractivity contribution in [3.63, 3.8) is 0 Å². The van der Waals surface area contributed by atoms with Crippen molar-refractivity contribution in [2.75, 3.05) is 0 Å². The molecule has 0 aliphatic rings. The minimum absolute atomic E-state index is 0. The lowest BCUT2D eigenvalue weighted by molar-refractivity contribution is -0.686. The number of nitrogens with zero attached hydrogens (tertiary/aromatic N) is 1. The Hall–Kier alpha value is -2.17. The van der Waals surface area contributed by atoms with Gasteiger partial charge in [-0.2, -0.15) is 4.57 Å². The Morgan fingerprint density at radius 2 is 1.58 bits per heavy atom. The van der Waals surface area contributed by atoms with Gasteiger partial charge < -0.3 is 22.0 Å². The Morgan fingerprint density at radius 1 is 0.808 bits per heavy atom. The predicted molar refractivity (Wildman–Crippen MR) is 107 cm³/mol. The number of aromatic amines is 1. The molecule has 2 nitrogen and oxygen atoms in total. The van der Waals surface area contributed by atoms with E-state index >= 15 is 0 Å². The van der Waals surface area contributed by atoms with Crippen LogP contribution in [-0.4, -0.2) is 4.98 Å². The molecule has 0 spiro atoms. The highest BCUT2D eigenvalue weighted by Gasteiger charge is 2.12. The van der Waals surface area contributed by atoms with Crippen LogP contribution in [0.5, 0.6) is 0 Å². The molecule has 0 atom stereocenters. The third-order valence-corrected chi connectivity index (χ3v) is 5.47. The molecule has 0 aliphatic heterocycles. The van der Waals surface area contributed by atoms with Gasteiger partial charge in [-0.3, -0.25) is 0 Å². The lowest BCUT2D eigenvalue weighted by Gasteiger charge is -2.03. The first-order valence-electron chi connectivity index (χ1n) is 8.35. The highest BCUT2D eigenvalue weighted by molar-refractivity contribution is 9.10.